The Labute approximate surface area is 170 Å². The summed E-state index contributed by atoms with van der Waals surface area (Å²) in [6.07, 6.45) is 0. The number of carbonyl (C=O) groups is 1. The van der Waals surface area contributed by atoms with E-state index in [-0.39, 0.29) is 18.2 Å². The van der Waals surface area contributed by atoms with E-state index in [0.29, 0.717) is 33.7 Å². The predicted molar refractivity (Wildman–Crippen MR) is 105 cm³/mol. The quantitative estimate of drug-likeness (QED) is 0.403. The van der Waals surface area contributed by atoms with Crippen molar-refractivity contribution in [1.29, 1.82) is 0 Å². The van der Waals surface area contributed by atoms with Crippen LogP contribution in [0.25, 0.3) is 11.5 Å². The number of rotatable bonds is 6. The summed E-state index contributed by atoms with van der Waals surface area (Å²) in [5.74, 6) is 0.630. The zero-order valence-corrected chi connectivity index (χ0v) is 15.8. The number of hydrogen-bond acceptors (Lipinski definition) is 5. The van der Waals surface area contributed by atoms with Crippen molar-refractivity contribution < 1.29 is 18.3 Å². The molecule has 0 radical (unpaired) electrons. The Morgan fingerprint density at radius 2 is 1.66 bits per heavy atom. The molecule has 0 aliphatic rings. The number of ether oxygens (including phenoxy) is 1. The summed E-state index contributed by atoms with van der Waals surface area (Å²) >= 11 is 5.97. The summed E-state index contributed by atoms with van der Waals surface area (Å²) in [6, 6.07) is 19.2. The number of benzene rings is 3. The first-order chi connectivity index (χ1) is 14.1. The zero-order valence-electron chi connectivity index (χ0n) is 15.0. The predicted octanol–water partition coefficient (Wildman–Crippen LogP) is 5.34. The molecule has 3 aromatic carbocycles. The van der Waals surface area contributed by atoms with E-state index in [4.69, 9.17) is 20.8 Å². The van der Waals surface area contributed by atoms with Gasteiger partial charge in [0.25, 0.3) is 5.89 Å². The van der Waals surface area contributed by atoms with E-state index in [0.717, 1.165) is 5.56 Å². The van der Waals surface area contributed by atoms with Crippen molar-refractivity contribution in [2.45, 2.75) is 6.61 Å². The number of aromatic nitrogens is 2. The molecule has 0 spiro atoms. The SMILES string of the molecule is O=C(c1ccc(F)cc1)c1ccc(OCc2nnc(-c3cccc(Cl)c3)o2)cc1. The van der Waals surface area contributed by atoms with Gasteiger partial charge in [0.15, 0.2) is 12.4 Å². The Bertz CT molecular complexity index is 1140. The Morgan fingerprint density at radius 1 is 0.966 bits per heavy atom. The molecule has 5 nitrogen and oxygen atoms in total. The minimum atomic E-state index is -0.384. The van der Waals surface area contributed by atoms with E-state index in [9.17, 15) is 9.18 Å². The lowest BCUT2D eigenvalue weighted by molar-refractivity contribution is 0.103. The van der Waals surface area contributed by atoms with Gasteiger partial charge in [-0.05, 0) is 66.7 Å². The van der Waals surface area contributed by atoms with Gasteiger partial charge in [0.1, 0.15) is 11.6 Å². The molecule has 0 saturated heterocycles. The fraction of sp³-hybridized carbons (Fsp3) is 0.0455. The average Bonchev–Trinajstić information content (AvgIpc) is 3.22. The van der Waals surface area contributed by atoms with E-state index in [1.54, 1.807) is 42.5 Å². The third kappa shape index (κ3) is 4.50. The first-order valence-electron chi connectivity index (χ1n) is 8.70. The average molecular weight is 409 g/mol. The van der Waals surface area contributed by atoms with Gasteiger partial charge < -0.3 is 9.15 Å². The smallest absolute Gasteiger partial charge is 0.254 e. The van der Waals surface area contributed by atoms with Crippen molar-refractivity contribution in [3.05, 3.63) is 101 Å². The second-order valence-corrected chi connectivity index (χ2v) is 6.60. The molecule has 0 N–H and O–H groups in total. The van der Waals surface area contributed by atoms with Crippen LogP contribution in [0.3, 0.4) is 0 Å². The van der Waals surface area contributed by atoms with Crippen LogP contribution in [0.1, 0.15) is 21.8 Å². The van der Waals surface area contributed by atoms with Crippen LogP contribution in [0.4, 0.5) is 4.39 Å². The van der Waals surface area contributed by atoms with Crippen LogP contribution < -0.4 is 4.74 Å². The minimum absolute atomic E-state index is 0.0822. The molecule has 1 aromatic heterocycles. The number of hydrogen-bond donors (Lipinski definition) is 0. The Hall–Kier alpha value is -3.51. The first-order valence-corrected chi connectivity index (χ1v) is 9.08. The molecule has 0 fully saturated rings. The topological polar surface area (TPSA) is 65.2 Å². The normalized spacial score (nSPS) is 10.7. The molecular weight excluding hydrogens is 395 g/mol. The third-order valence-electron chi connectivity index (χ3n) is 4.12. The molecule has 0 unspecified atom stereocenters. The number of ketones is 1. The molecular formula is C22H14ClFN2O3. The van der Waals surface area contributed by atoms with Crippen LogP contribution in [0.5, 0.6) is 5.75 Å². The van der Waals surface area contributed by atoms with Gasteiger partial charge in [-0.25, -0.2) is 4.39 Å². The molecule has 0 amide bonds. The Morgan fingerprint density at radius 3 is 2.34 bits per heavy atom. The maximum Gasteiger partial charge on any atom is 0.254 e. The molecule has 144 valence electrons. The summed E-state index contributed by atoms with van der Waals surface area (Å²) in [5, 5.41) is 8.53. The van der Waals surface area contributed by atoms with Crippen LogP contribution >= 0.6 is 11.6 Å². The highest BCUT2D eigenvalue weighted by Gasteiger charge is 2.11. The summed E-state index contributed by atoms with van der Waals surface area (Å²) < 4.78 is 24.2. The summed E-state index contributed by atoms with van der Waals surface area (Å²) in [7, 11) is 0. The van der Waals surface area contributed by atoms with E-state index in [1.807, 2.05) is 6.07 Å². The maximum absolute atomic E-state index is 13.0. The van der Waals surface area contributed by atoms with Gasteiger partial charge in [-0.2, -0.15) is 0 Å². The summed E-state index contributed by atoms with van der Waals surface area (Å²) in [6.45, 7) is 0.0822. The number of nitrogens with zero attached hydrogens (tertiary/aromatic N) is 2. The lowest BCUT2D eigenvalue weighted by Gasteiger charge is -2.05. The largest absolute Gasteiger partial charge is 0.484 e. The first kappa shape index (κ1) is 18.8. The Kier molecular flexibility index (Phi) is 5.35. The highest BCUT2D eigenvalue weighted by Crippen LogP contribution is 2.22. The van der Waals surface area contributed by atoms with Gasteiger partial charge in [-0.1, -0.05) is 17.7 Å². The molecule has 0 saturated carbocycles. The Balaban J connectivity index is 1.39. The standard InChI is InChI=1S/C22H14ClFN2O3/c23-17-3-1-2-16(12-17)22-26-25-20(29-22)13-28-19-10-6-15(7-11-19)21(27)14-4-8-18(24)9-5-14/h1-12H,13H2. The van der Waals surface area contributed by atoms with Crippen molar-refractivity contribution in [2.75, 3.05) is 0 Å². The molecule has 4 rings (SSSR count). The third-order valence-corrected chi connectivity index (χ3v) is 4.36. The van der Waals surface area contributed by atoms with Crippen LogP contribution in [0.2, 0.25) is 5.02 Å². The van der Waals surface area contributed by atoms with Gasteiger partial charge >= 0.3 is 0 Å². The van der Waals surface area contributed by atoms with Gasteiger partial charge in [-0.15, -0.1) is 10.2 Å². The highest BCUT2D eigenvalue weighted by molar-refractivity contribution is 6.30. The fourth-order valence-electron chi connectivity index (χ4n) is 2.67. The molecule has 0 bridgehead atoms. The van der Waals surface area contributed by atoms with Crippen molar-refractivity contribution in [3.8, 4) is 17.2 Å². The fourth-order valence-corrected chi connectivity index (χ4v) is 2.86. The highest BCUT2D eigenvalue weighted by atomic mass is 35.5. The van der Waals surface area contributed by atoms with Crippen molar-refractivity contribution >= 4 is 17.4 Å². The monoisotopic (exact) mass is 408 g/mol. The van der Waals surface area contributed by atoms with Crippen LogP contribution in [-0.4, -0.2) is 16.0 Å². The number of halogens is 2. The van der Waals surface area contributed by atoms with Crippen molar-refractivity contribution in [2.24, 2.45) is 0 Å². The molecule has 1 heterocycles. The molecule has 0 aliphatic carbocycles. The van der Waals surface area contributed by atoms with Crippen molar-refractivity contribution in [1.82, 2.24) is 10.2 Å². The minimum Gasteiger partial charge on any atom is -0.484 e. The van der Waals surface area contributed by atoms with Gasteiger partial charge in [-0.3, -0.25) is 4.79 Å². The molecule has 7 heteroatoms. The molecule has 0 atom stereocenters. The van der Waals surface area contributed by atoms with Gasteiger partial charge in [0.2, 0.25) is 5.89 Å². The van der Waals surface area contributed by atoms with E-state index < -0.39 is 0 Å². The lowest BCUT2D eigenvalue weighted by Crippen LogP contribution is -2.01. The maximum atomic E-state index is 13.0. The molecule has 0 aliphatic heterocycles. The lowest BCUT2D eigenvalue weighted by atomic mass is 10.0. The zero-order chi connectivity index (χ0) is 20.2. The second kappa shape index (κ2) is 8.24. The van der Waals surface area contributed by atoms with E-state index in [1.165, 1.54) is 24.3 Å². The van der Waals surface area contributed by atoms with E-state index in [2.05, 4.69) is 10.2 Å². The van der Waals surface area contributed by atoms with Crippen LogP contribution in [0.15, 0.2) is 77.2 Å². The number of carbonyl (C=O) groups excluding carboxylic acids is 1. The summed E-state index contributed by atoms with van der Waals surface area (Å²) in [5.41, 5.74) is 1.62. The van der Waals surface area contributed by atoms with Crippen LogP contribution in [0, 0.1) is 5.82 Å². The second-order valence-electron chi connectivity index (χ2n) is 6.16. The molecule has 4 aromatic rings. The van der Waals surface area contributed by atoms with Gasteiger partial charge in [0, 0.05) is 21.7 Å². The van der Waals surface area contributed by atoms with E-state index >= 15 is 0 Å². The van der Waals surface area contributed by atoms with Gasteiger partial charge in [0.05, 0.1) is 0 Å². The van der Waals surface area contributed by atoms with Crippen LogP contribution in [-0.2, 0) is 6.61 Å². The van der Waals surface area contributed by atoms with Crippen molar-refractivity contribution in [3.63, 3.8) is 0 Å². The summed E-state index contributed by atoms with van der Waals surface area (Å²) in [4.78, 5) is 12.4. The molecule has 29 heavy (non-hydrogen) atoms.